The monoisotopic (exact) mass is 470 g/mol. The Hall–Kier alpha value is -3.35. The Morgan fingerprint density at radius 1 is 1.03 bits per heavy atom. The average molecular weight is 471 g/mol. The van der Waals surface area contributed by atoms with Crippen molar-refractivity contribution in [2.75, 3.05) is 6.61 Å². The minimum Gasteiger partial charge on any atom is -0.483 e. The highest BCUT2D eigenvalue weighted by Gasteiger charge is 2.13. The summed E-state index contributed by atoms with van der Waals surface area (Å²) < 4.78 is 10.8. The fourth-order valence-electron chi connectivity index (χ4n) is 2.67. The van der Waals surface area contributed by atoms with Crippen LogP contribution < -0.4 is 14.9 Å². The van der Waals surface area contributed by atoms with E-state index < -0.39 is 5.97 Å². The van der Waals surface area contributed by atoms with Gasteiger partial charge in [-0.25, -0.2) is 10.2 Å². The number of carbonyl (C=O) groups is 2. The van der Waals surface area contributed by atoms with Crippen LogP contribution in [0, 0.1) is 13.8 Å². The van der Waals surface area contributed by atoms with Crippen LogP contribution in [0.3, 0.4) is 0 Å². The van der Waals surface area contributed by atoms with Crippen molar-refractivity contribution in [1.82, 2.24) is 5.43 Å². The molecule has 3 rings (SSSR count). The molecule has 1 N–H and O–H groups in total. The summed E-state index contributed by atoms with van der Waals surface area (Å²) in [5.74, 6) is 0.0232. The predicted octanol–water partition coefficient (Wildman–Crippen LogP) is 5.36. The van der Waals surface area contributed by atoms with Crippen molar-refractivity contribution < 1.29 is 19.1 Å². The van der Waals surface area contributed by atoms with Gasteiger partial charge in [0.2, 0.25) is 0 Å². The van der Waals surface area contributed by atoms with Gasteiger partial charge in [-0.1, -0.05) is 35.3 Å². The zero-order chi connectivity index (χ0) is 23.1. The standard InChI is InChI=1S/C24H20Cl2N2O4/c1-15-4-3-5-22(16(15)2)31-14-23(29)28-27-13-17-6-9-19(10-7-17)32-24(30)20-11-8-18(25)12-21(20)26/h3-13H,14H2,1-2H3,(H,28,29)/b27-13-. The van der Waals surface area contributed by atoms with Crippen LogP contribution in [0.1, 0.15) is 27.0 Å². The molecule has 32 heavy (non-hydrogen) atoms. The topological polar surface area (TPSA) is 77.0 Å². The van der Waals surface area contributed by atoms with E-state index in [2.05, 4.69) is 10.5 Å². The maximum Gasteiger partial charge on any atom is 0.345 e. The number of amides is 1. The fraction of sp³-hybridized carbons (Fsp3) is 0.125. The van der Waals surface area contributed by atoms with Gasteiger partial charge in [0.15, 0.2) is 6.61 Å². The molecule has 0 atom stereocenters. The second-order valence-corrected chi connectivity index (χ2v) is 7.71. The van der Waals surface area contributed by atoms with Crippen molar-refractivity contribution in [1.29, 1.82) is 0 Å². The molecule has 0 bridgehead atoms. The van der Waals surface area contributed by atoms with Crippen LogP contribution in [0.15, 0.2) is 65.8 Å². The summed E-state index contributed by atoms with van der Waals surface area (Å²) in [4.78, 5) is 24.2. The zero-order valence-corrected chi connectivity index (χ0v) is 18.9. The van der Waals surface area contributed by atoms with E-state index in [1.807, 2.05) is 32.0 Å². The SMILES string of the molecule is Cc1cccc(OCC(=O)N/N=C\c2ccc(OC(=O)c3ccc(Cl)cc3Cl)cc2)c1C. The van der Waals surface area contributed by atoms with E-state index in [9.17, 15) is 9.59 Å². The predicted molar refractivity (Wildman–Crippen MR) is 125 cm³/mol. The van der Waals surface area contributed by atoms with Crippen molar-refractivity contribution >= 4 is 41.3 Å². The second kappa shape index (κ2) is 10.8. The molecule has 0 heterocycles. The largest absolute Gasteiger partial charge is 0.483 e. The van der Waals surface area contributed by atoms with Crippen molar-refractivity contribution in [3.8, 4) is 11.5 Å². The van der Waals surface area contributed by atoms with Gasteiger partial charge in [0.05, 0.1) is 16.8 Å². The molecule has 0 aliphatic carbocycles. The minimum absolute atomic E-state index is 0.149. The highest BCUT2D eigenvalue weighted by Crippen LogP contribution is 2.23. The third kappa shape index (κ3) is 6.33. The molecule has 0 aromatic heterocycles. The highest BCUT2D eigenvalue weighted by molar-refractivity contribution is 6.36. The van der Waals surface area contributed by atoms with Crippen molar-refractivity contribution in [2.45, 2.75) is 13.8 Å². The summed E-state index contributed by atoms with van der Waals surface area (Å²) in [5, 5.41) is 4.55. The van der Waals surface area contributed by atoms with Crippen LogP contribution in [-0.4, -0.2) is 24.7 Å². The maximum atomic E-state index is 12.2. The number of esters is 1. The van der Waals surface area contributed by atoms with E-state index in [-0.39, 0.29) is 23.1 Å². The average Bonchev–Trinajstić information content (AvgIpc) is 2.76. The van der Waals surface area contributed by atoms with Crippen LogP contribution >= 0.6 is 23.2 Å². The molecule has 0 aliphatic heterocycles. The maximum absolute atomic E-state index is 12.2. The first kappa shape index (κ1) is 23.3. The fourth-order valence-corrected chi connectivity index (χ4v) is 3.16. The van der Waals surface area contributed by atoms with Gasteiger partial charge >= 0.3 is 5.97 Å². The number of hydrogen-bond acceptors (Lipinski definition) is 5. The van der Waals surface area contributed by atoms with E-state index in [0.717, 1.165) is 11.1 Å². The number of hydrazone groups is 1. The van der Waals surface area contributed by atoms with E-state index in [1.54, 1.807) is 30.3 Å². The van der Waals surface area contributed by atoms with Gasteiger partial charge in [-0.05, 0) is 79.1 Å². The molecule has 164 valence electrons. The molecular weight excluding hydrogens is 451 g/mol. The summed E-state index contributed by atoms with van der Waals surface area (Å²) in [6.45, 7) is 3.76. The first-order valence-corrected chi connectivity index (χ1v) is 10.4. The number of aryl methyl sites for hydroxylation is 1. The molecule has 0 aliphatic rings. The lowest BCUT2D eigenvalue weighted by Gasteiger charge is -2.09. The Morgan fingerprint density at radius 2 is 1.78 bits per heavy atom. The minimum atomic E-state index is -0.593. The lowest BCUT2D eigenvalue weighted by molar-refractivity contribution is -0.123. The molecule has 3 aromatic rings. The third-order valence-corrected chi connectivity index (χ3v) is 5.11. The van der Waals surface area contributed by atoms with Crippen molar-refractivity contribution in [3.63, 3.8) is 0 Å². The third-order valence-electron chi connectivity index (χ3n) is 4.56. The first-order valence-electron chi connectivity index (χ1n) is 9.61. The normalized spacial score (nSPS) is 10.8. The number of hydrogen-bond donors (Lipinski definition) is 1. The molecule has 3 aromatic carbocycles. The first-order chi connectivity index (χ1) is 15.3. The second-order valence-electron chi connectivity index (χ2n) is 6.86. The number of nitrogens with one attached hydrogen (secondary N) is 1. The molecule has 0 fully saturated rings. The van der Waals surface area contributed by atoms with Gasteiger partial charge in [0.25, 0.3) is 5.91 Å². The van der Waals surface area contributed by atoms with Crippen LogP contribution in [-0.2, 0) is 4.79 Å². The summed E-state index contributed by atoms with van der Waals surface area (Å²) in [5.41, 5.74) is 5.40. The summed E-state index contributed by atoms with van der Waals surface area (Å²) in [7, 11) is 0. The Labute approximate surface area is 195 Å². The molecule has 0 radical (unpaired) electrons. The van der Waals surface area contributed by atoms with Gasteiger partial charge in [-0.15, -0.1) is 0 Å². The van der Waals surface area contributed by atoms with Gasteiger partial charge in [0.1, 0.15) is 11.5 Å². The van der Waals surface area contributed by atoms with Crippen LogP contribution in [0.4, 0.5) is 0 Å². The lowest BCUT2D eigenvalue weighted by atomic mass is 10.1. The number of benzene rings is 3. The molecule has 6 nitrogen and oxygen atoms in total. The van der Waals surface area contributed by atoms with E-state index >= 15 is 0 Å². The molecular formula is C24H20Cl2N2O4. The van der Waals surface area contributed by atoms with E-state index in [1.165, 1.54) is 18.3 Å². The summed E-state index contributed by atoms with van der Waals surface area (Å²) >= 11 is 11.9. The molecule has 0 saturated carbocycles. The molecule has 1 amide bonds. The molecule has 0 spiro atoms. The van der Waals surface area contributed by atoms with Crippen molar-refractivity contribution in [3.05, 3.63) is 93.0 Å². The van der Waals surface area contributed by atoms with Crippen LogP contribution in [0.25, 0.3) is 0 Å². The number of nitrogens with zero attached hydrogens (tertiary/aromatic N) is 1. The number of rotatable bonds is 7. The Balaban J connectivity index is 1.50. The van der Waals surface area contributed by atoms with Crippen molar-refractivity contribution in [2.24, 2.45) is 5.10 Å². The number of carbonyl (C=O) groups excluding carboxylic acids is 2. The molecule has 0 saturated heterocycles. The number of halogens is 2. The van der Waals surface area contributed by atoms with Gasteiger partial charge in [0, 0.05) is 5.02 Å². The zero-order valence-electron chi connectivity index (χ0n) is 17.4. The van der Waals surface area contributed by atoms with Crippen LogP contribution in [0.5, 0.6) is 11.5 Å². The highest BCUT2D eigenvalue weighted by atomic mass is 35.5. The van der Waals surface area contributed by atoms with Gasteiger partial charge < -0.3 is 9.47 Å². The number of ether oxygens (including phenoxy) is 2. The van der Waals surface area contributed by atoms with Crippen LogP contribution in [0.2, 0.25) is 10.0 Å². The smallest absolute Gasteiger partial charge is 0.345 e. The van der Waals surface area contributed by atoms with E-state index in [0.29, 0.717) is 22.1 Å². The Bertz CT molecular complexity index is 1160. The van der Waals surface area contributed by atoms with E-state index in [4.69, 9.17) is 32.7 Å². The Kier molecular flexibility index (Phi) is 7.87. The summed E-state index contributed by atoms with van der Waals surface area (Å²) in [6.07, 6.45) is 1.47. The molecule has 8 heteroatoms. The van der Waals surface area contributed by atoms with Gasteiger partial charge in [-0.3, -0.25) is 4.79 Å². The Morgan fingerprint density at radius 3 is 2.50 bits per heavy atom. The lowest BCUT2D eigenvalue weighted by Crippen LogP contribution is -2.24. The molecule has 0 unspecified atom stereocenters. The quantitative estimate of drug-likeness (QED) is 0.218. The van der Waals surface area contributed by atoms with Gasteiger partial charge in [-0.2, -0.15) is 5.10 Å². The summed E-state index contributed by atoms with van der Waals surface area (Å²) in [6, 6.07) is 16.8.